The van der Waals surface area contributed by atoms with Crippen LogP contribution < -0.4 is 0 Å². The normalized spacial score (nSPS) is 11.7. The summed E-state index contributed by atoms with van der Waals surface area (Å²) in [5, 5.41) is 8.60. The van der Waals surface area contributed by atoms with Gasteiger partial charge in [-0.05, 0) is 6.42 Å². The minimum absolute atomic E-state index is 0.0220. The van der Waals surface area contributed by atoms with Gasteiger partial charge in [0.25, 0.3) is 0 Å². The third kappa shape index (κ3) is 59.3. The summed E-state index contributed by atoms with van der Waals surface area (Å²) in [6, 6.07) is 0. The summed E-state index contributed by atoms with van der Waals surface area (Å²) < 4.78 is 93.0. The third-order valence-corrected chi connectivity index (χ3v) is 8.33. The van der Waals surface area contributed by atoms with Crippen LogP contribution in [0.25, 0.3) is 0 Å². The van der Waals surface area contributed by atoms with Gasteiger partial charge in [-0.15, -0.1) is 0 Å². The zero-order valence-electron chi connectivity index (χ0n) is 38.8. The van der Waals surface area contributed by atoms with Crippen LogP contribution in [-0.4, -0.2) is 236 Å². The summed E-state index contributed by atoms with van der Waals surface area (Å²) in [5.74, 6) is 0. The first-order valence-corrected chi connectivity index (χ1v) is 23.3. The molecule has 62 heavy (non-hydrogen) atoms. The maximum Gasteiger partial charge on any atom is 0.0701 e. The Kier molecular flexibility index (Phi) is 59.6. The monoisotopic (exact) mass is 907 g/mol. The standard InChI is InChI=1S/C44H90O18/c1-2-3-4-5-6-7-8-9-11-46-13-15-48-17-19-50-21-23-52-25-27-54-29-31-56-33-35-58-37-39-60-41-43-62-44-42-61-40-38-59-36-34-57-32-30-55-28-26-53-24-22-51-20-18-49-16-14-47-12-10-45/h45H,2-44H2,1H3. The lowest BCUT2D eigenvalue weighted by atomic mass is 10.1. The molecular weight excluding hydrogens is 816 g/mol. The van der Waals surface area contributed by atoms with Crippen LogP contribution in [0.5, 0.6) is 0 Å². The Morgan fingerprint density at radius 3 is 0.500 bits per heavy atom. The molecule has 374 valence electrons. The van der Waals surface area contributed by atoms with Crippen molar-refractivity contribution < 1.29 is 85.6 Å². The fourth-order valence-electron chi connectivity index (χ4n) is 5.02. The molecule has 0 spiro atoms. The van der Waals surface area contributed by atoms with E-state index in [9.17, 15) is 0 Å². The van der Waals surface area contributed by atoms with Crippen LogP contribution in [0.15, 0.2) is 0 Å². The first-order chi connectivity index (χ1) is 30.9. The van der Waals surface area contributed by atoms with E-state index in [1.807, 2.05) is 0 Å². The minimum Gasteiger partial charge on any atom is -0.394 e. The highest BCUT2D eigenvalue weighted by Crippen LogP contribution is 2.08. The minimum atomic E-state index is 0.0220. The summed E-state index contributed by atoms with van der Waals surface area (Å²) in [7, 11) is 0. The molecule has 18 nitrogen and oxygen atoms in total. The molecule has 18 heteroatoms. The van der Waals surface area contributed by atoms with Gasteiger partial charge in [-0.1, -0.05) is 51.9 Å². The number of ether oxygens (including phenoxy) is 17. The van der Waals surface area contributed by atoms with E-state index in [1.54, 1.807) is 0 Å². The predicted octanol–water partition coefficient (Wildman–Crippen LogP) is 3.40. The predicted molar refractivity (Wildman–Crippen MR) is 234 cm³/mol. The van der Waals surface area contributed by atoms with Gasteiger partial charge in [0.2, 0.25) is 0 Å². The molecule has 0 saturated heterocycles. The Hall–Kier alpha value is -0.720. The molecule has 0 unspecified atom stereocenters. The van der Waals surface area contributed by atoms with Crippen molar-refractivity contribution in [1.82, 2.24) is 0 Å². The van der Waals surface area contributed by atoms with E-state index in [-0.39, 0.29) is 6.61 Å². The summed E-state index contributed by atoms with van der Waals surface area (Å²) in [6.07, 6.45) is 10.5. The number of hydrogen-bond acceptors (Lipinski definition) is 18. The van der Waals surface area contributed by atoms with Crippen LogP contribution >= 0.6 is 0 Å². The summed E-state index contributed by atoms with van der Waals surface area (Å²) >= 11 is 0. The molecule has 0 atom stereocenters. The van der Waals surface area contributed by atoms with Gasteiger partial charge in [0.1, 0.15) is 0 Å². The van der Waals surface area contributed by atoms with Crippen LogP contribution in [0, 0.1) is 0 Å². The smallest absolute Gasteiger partial charge is 0.0701 e. The first-order valence-electron chi connectivity index (χ1n) is 23.3. The van der Waals surface area contributed by atoms with Crippen molar-refractivity contribution >= 4 is 0 Å². The maximum absolute atomic E-state index is 8.60. The van der Waals surface area contributed by atoms with Gasteiger partial charge >= 0.3 is 0 Å². The average molecular weight is 907 g/mol. The van der Waals surface area contributed by atoms with Crippen LogP contribution in [-0.2, 0) is 80.5 Å². The Morgan fingerprint density at radius 1 is 0.177 bits per heavy atom. The Balaban J connectivity index is 3.06. The Bertz CT molecular complexity index is 703. The quantitative estimate of drug-likeness (QED) is 0.0878. The molecule has 0 aliphatic heterocycles. The first kappa shape index (κ1) is 61.3. The van der Waals surface area contributed by atoms with Crippen molar-refractivity contribution in [3.05, 3.63) is 0 Å². The molecule has 0 aromatic heterocycles. The van der Waals surface area contributed by atoms with Gasteiger partial charge in [0, 0.05) is 6.61 Å². The second-order valence-electron chi connectivity index (χ2n) is 13.6. The average Bonchev–Trinajstić information content (AvgIpc) is 3.28. The number of hydrogen-bond donors (Lipinski definition) is 1. The summed E-state index contributed by atoms with van der Waals surface area (Å²) in [5.41, 5.74) is 0. The highest BCUT2D eigenvalue weighted by Gasteiger charge is 1.99. The molecule has 0 aliphatic rings. The molecule has 0 aromatic rings. The van der Waals surface area contributed by atoms with E-state index in [1.165, 1.54) is 44.9 Å². The number of aliphatic hydroxyl groups excluding tert-OH is 1. The molecule has 0 bridgehead atoms. The van der Waals surface area contributed by atoms with Crippen LogP contribution in [0.2, 0.25) is 0 Å². The Morgan fingerprint density at radius 2 is 0.323 bits per heavy atom. The molecule has 0 fully saturated rings. The van der Waals surface area contributed by atoms with E-state index < -0.39 is 0 Å². The van der Waals surface area contributed by atoms with Crippen molar-refractivity contribution in [1.29, 1.82) is 0 Å². The number of aliphatic hydroxyl groups is 1. The van der Waals surface area contributed by atoms with Crippen molar-refractivity contribution in [2.24, 2.45) is 0 Å². The zero-order chi connectivity index (χ0) is 44.4. The van der Waals surface area contributed by atoms with Crippen molar-refractivity contribution in [3.8, 4) is 0 Å². The second kappa shape index (κ2) is 60.3. The largest absolute Gasteiger partial charge is 0.394 e. The van der Waals surface area contributed by atoms with E-state index in [4.69, 9.17) is 85.6 Å². The fourth-order valence-corrected chi connectivity index (χ4v) is 5.02. The van der Waals surface area contributed by atoms with Gasteiger partial charge in [-0.3, -0.25) is 0 Å². The molecule has 0 radical (unpaired) electrons. The van der Waals surface area contributed by atoms with Crippen molar-refractivity contribution in [2.75, 3.05) is 231 Å². The molecule has 0 heterocycles. The van der Waals surface area contributed by atoms with Gasteiger partial charge in [0.05, 0.1) is 225 Å². The highest BCUT2D eigenvalue weighted by atomic mass is 16.6. The molecule has 0 aromatic carbocycles. The maximum atomic E-state index is 8.60. The third-order valence-electron chi connectivity index (χ3n) is 8.33. The van der Waals surface area contributed by atoms with E-state index in [0.717, 1.165) is 13.0 Å². The highest BCUT2D eigenvalue weighted by molar-refractivity contribution is 4.46. The molecule has 1 N–H and O–H groups in total. The van der Waals surface area contributed by atoms with E-state index >= 15 is 0 Å². The SMILES string of the molecule is CCCCCCCCCCOCCOCCOCCOCCOCCOCCOCCOCCOCCOCCOCCOCCOCCOCCOCCOCCOCCO. The van der Waals surface area contributed by atoms with Gasteiger partial charge in [0.15, 0.2) is 0 Å². The van der Waals surface area contributed by atoms with Gasteiger partial charge < -0.3 is 85.6 Å². The van der Waals surface area contributed by atoms with Crippen LogP contribution in [0.3, 0.4) is 0 Å². The zero-order valence-corrected chi connectivity index (χ0v) is 38.8. The fraction of sp³-hybridized carbons (Fsp3) is 1.00. The van der Waals surface area contributed by atoms with Crippen LogP contribution in [0.1, 0.15) is 58.3 Å². The topological polar surface area (TPSA) is 177 Å². The van der Waals surface area contributed by atoms with Crippen LogP contribution in [0.4, 0.5) is 0 Å². The molecule has 0 saturated carbocycles. The Labute approximate surface area is 374 Å². The van der Waals surface area contributed by atoms with E-state index in [2.05, 4.69) is 6.92 Å². The summed E-state index contributed by atoms with van der Waals surface area (Å²) in [6.45, 7) is 19.9. The van der Waals surface area contributed by atoms with Crippen molar-refractivity contribution in [2.45, 2.75) is 58.3 Å². The molecular formula is C44H90O18. The lowest BCUT2D eigenvalue weighted by Crippen LogP contribution is -2.16. The number of rotatable bonds is 59. The van der Waals surface area contributed by atoms with Gasteiger partial charge in [-0.25, -0.2) is 0 Å². The lowest BCUT2D eigenvalue weighted by Gasteiger charge is -2.09. The molecule has 0 aliphatic carbocycles. The van der Waals surface area contributed by atoms with E-state index in [0.29, 0.717) is 218 Å². The second-order valence-corrected chi connectivity index (χ2v) is 13.6. The van der Waals surface area contributed by atoms with Crippen molar-refractivity contribution in [3.63, 3.8) is 0 Å². The van der Waals surface area contributed by atoms with Gasteiger partial charge in [-0.2, -0.15) is 0 Å². The molecule has 0 amide bonds. The number of unbranched alkanes of at least 4 members (excludes halogenated alkanes) is 7. The summed E-state index contributed by atoms with van der Waals surface area (Å²) in [4.78, 5) is 0. The molecule has 0 rings (SSSR count). The lowest BCUT2D eigenvalue weighted by molar-refractivity contribution is -0.0308.